The van der Waals surface area contributed by atoms with Crippen LogP contribution in [0.4, 0.5) is 4.79 Å². The molecule has 5 nitrogen and oxygen atoms in total. The van der Waals surface area contributed by atoms with E-state index >= 15 is 0 Å². The van der Waals surface area contributed by atoms with Crippen LogP contribution in [0.1, 0.15) is 46.5 Å². The van der Waals surface area contributed by atoms with Crippen LogP contribution >= 0.6 is 0 Å². The van der Waals surface area contributed by atoms with E-state index < -0.39 is 6.03 Å². The highest BCUT2D eigenvalue weighted by molar-refractivity contribution is 5.96. The van der Waals surface area contributed by atoms with E-state index in [1.54, 1.807) is 0 Å². The molecule has 1 aliphatic carbocycles. The normalized spacial score (nSPS) is 25.8. The van der Waals surface area contributed by atoms with E-state index in [-0.39, 0.29) is 17.9 Å². The third-order valence-corrected chi connectivity index (χ3v) is 3.70. The Morgan fingerprint density at radius 2 is 1.83 bits per heavy atom. The zero-order chi connectivity index (χ0) is 13.7. The van der Waals surface area contributed by atoms with Crippen molar-refractivity contribution < 1.29 is 9.59 Å². The summed E-state index contributed by atoms with van der Waals surface area (Å²) >= 11 is 0. The van der Waals surface area contributed by atoms with Crippen LogP contribution in [-0.4, -0.2) is 24.0 Å². The van der Waals surface area contributed by atoms with Crippen molar-refractivity contribution in [1.82, 2.24) is 10.6 Å². The van der Waals surface area contributed by atoms with Gasteiger partial charge in [0.1, 0.15) is 0 Å². The highest BCUT2D eigenvalue weighted by Gasteiger charge is 2.29. The van der Waals surface area contributed by atoms with Crippen LogP contribution in [0, 0.1) is 11.8 Å². The van der Waals surface area contributed by atoms with Crippen molar-refractivity contribution in [1.29, 1.82) is 0 Å². The number of urea groups is 1. The molecular weight excluding hydrogens is 230 g/mol. The van der Waals surface area contributed by atoms with Crippen LogP contribution in [0.2, 0.25) is 0 Å². The smallest absolute Gasteiger partial charge is 0.318 e. The average molecular weight is 255 g/mol. The summed E-state index contributed by atoms with van der Waals surface area (Å²) < 4.78 is 0. The average Bonchev–Trinajstić information content (AvgIpc) is 2.26. The number of nitrogens with one attached hydrogen (secondary N) is 2. The second kappa shape index (κ2) is 6.73. The Hall–Kier alpha value is -1.10. The summed E-state index contributed by atoms with van der Waals surface area (Å²) in [5.41, 5.74) is 4.99. The molecule has 0 bridgehead atoms. The fourth-order valence-electron chi connectivity index (χ4n) is 2.56. The van der Waals surface area contributed by atoms with Crippen LogP contribution < -0.4 is 16.4 Å². The summed E-state index contributed by atoms with van der Waals surface area (Å²) in [5.74, 6) is 0.370. The minimum atomic E-state index is -0.788. The summed E-state index contributed by atoms with van der Waals surface area (Å²) in [6.07, 6.45) is 4.75. The Morgan fingerprint density at radius 3 is 2.33 bits per heavy atom. The summed E-state index contributed by atoms with van der Waals surface area (Å²) in [7, 11) is 0. The van der Waals surface area contributed by atoms with E-state index in [1.807, 2.05) is 13.8 Å². The Labute approximate surface area is 109 Å². The molecule has 0 aromatic carbocycles. The molecule has 5 heteroatoms. The van der Waals surface area contributed by atoms with Gasteiger partial charge in [-0.25, -0.2) is 4.79 Å². The molecule has 0 aliphatic heterocycles. The lowest BCUT2D eigenvalue weighted by atomic mass is 9.85. The summed E-state index contributed by atoms with van der Waals surface area (Å²) in [5, 5.41) is 5.56. The Kier molecular flexibility index (Phi) is 5.59. The molecule has 3 atom stereocenters. The summed E-state index contributed by atoms with van der Waals surface area (Å²) in [6.45, 7) is 6.14. The monoisotopic (exact) mass is 255 g/mol. The van der Waals surface area contributed by atoms with E-state index in [0.29, 0.717) is 12.0 Å². The SMILES string of the molecule is CC(C)[C@@H](N[C@H]1CCCC[C@@H]1C)C(=O)NC(N)=O. The molecule has 0 saturated heterocycles. The van der Waals surface area contributed by atoms with Gasteiger partial charge in [0.15, 0.2) is 0 Å². The van der Waals surface area contributed by atoms with Gasteiger partial charge in [0.05, 0.1) is 6.04 Å². The molecule has 1 fully saturated rings. The largest absolute Gasteiger partial charge is 0.351 e. The molecule has 18 heavy (non-hydrogen) atoms. The lowest BCUT2D eigenvalue weighted by Gasteiger charge is -2.34. The number of carbonyl (C=O) groups excluding carboxylic acids is 2. The lowest BCUT2D eigenvalue weighted by molar-refractivity contribution is -0.123. The predicted molar refractivity (Wildman–Crippen MR) is 70.9 cm³/mol. The van der Waals surface area contributed by atoms with Crippen molar-refractivity contribution >= 4 is 11.9 Å². The second-order valence-corrected chi connectivity index (χ2v) is 5.61. The molecule has 104 valence electrons. The fraction of sp³-hybridized carbons (Fsp3) is 0.846. The van der Waals surface area contributed by atoms with Crippen LogP contribution in [0.15, 0.2) is 0 Å². The van der Waals surface area contributed by atoms with Gasteiger partial charge in [0, 0.05) is 6.04 Å². The Bertz CT molecular complexity index is 305. The molecule has 3 amide bonds. The standard InChI is InChI=1S/C13H25N3O2/c1-8(2)11(12(17)16-13(14)18)15-10-7-5-4-6-9(10)3/h8-11,15H,4-7H2,1-3H3,(H3,14,16,17,18)/t9-,10-,11+/m0/s1. The number of primary amides is 1. The van der Waals surface area contributed by atoms with Crippen LogP contribution in [0.25, 0.3) is 0 Å². The predicted octanol–water partition coefficient (Wildman–Crippen LogP) is 1.37. The van der Waals surface area contributed by atoms with Crippen molar-refractivity contribution in [3.05, 3.63) is 0 Å². The van der Waals surface area contributed by atoms with E-state index in [4.69, 9.17) is 5.73 Å². The van der Waals surface area contributed by atoms with Crippen molar-refractivity contribution in [2.45, 2.75) is 58.5 Å². The third kappa shape index (κ3) is 4.29. The maximum Gasteiger partial charge on any atom is 0.318 e. The van der Waals surface area contributed by atoms with Gasteiger partial charge in [-0.15, -0.1) is 0 Å². The maximum absolute atomic E-state index is 11.9. The van der Waals surface area contributed by atoms with Crippen molar-refractivity contribution in [3.8, 4) is 0 Å². The van der Waals surface area contributed by atoms with Crippen LogP contribution in [0.3, 0.4) is 0 Å². The molecule has 1 saturated carbocycles. The first-order chi connectivity index (χ1) is 8.41. The van der Waals surface area contributed by atoms with E-state index in [1.165, 1.54) is 19.3 Å². The van der Waals surface area contributed by atoms with Gasteiger partial charge in [0.25, 0.3) is 0 Å². The van der Waals surface area contributed by atoms with Crippen molar-refractivity contribution in [2.24, 2.45) is 17.6 Å². The molecule has 0 heterocycles. The molecular formula is C13H25N3O2. The van der Waals surface area contributed by atoms with Crippen LogP contribution in [0.5, 0.6) is 0 Å². The molecule has 0 spiro atoms. The molecule has 1 rings (SSSR count). The van der Waals surface area contributed by atoms with E-state index in [0.717, 1.165) is 6.42 Å². The zero-order valence-corrected chi connectivity index (χ0v) is 11.5. The molecule has 0 unspecified atom stereocenters. The first-order valence-electron chi connectivity index (χ1n) is 6.78. The summed E-state index contributed by atoms with van der Waals surface area (Å²) in [6, 6.07) is -0.794. The van der Waals surface area contributed by atoms with Gasteiger partial charge in [-0.05, 0) is 24.7 Å². The number of rotatable bonds is 4. The minimum Gasteiger partial charge on any atom is -0.351 e. The van der Waals surface area contributed by atoms with Gasteiger partial charge >= 0.3 is 6.03 Å². The van der Waals surface area contributed by atoms with Gasteiger partial charge in [-0.2, -0.15) is 0 Å². The zero-order valence-electron chi connectivity index (χ0n) is 11.5. The second-order valence-electron chi connectivity index (χ2n) is 5.61. The van der Waals surface area contributed by atoms with Crippen molar-refractivity contribution in [3.63, 3.8) is 0 Å². The molecule has 0 aromatic heterocycles. The van der Waals surface area contributed by atoms with Gasteiger partial charge in [-0.1, -0.05) is 33.6 Å². The Balaban J connectivity index is 2.61. The number of carbonyl (C=O) groups is 2. The van der Waals surface area contributed by atoms with Crippen LogP contribution in [-0.2, 0) is 4.79 Å². The molecule has 1 aliphatic rings. The number of hydrogen-bond acceptors (Lipinski definition) is 3. The van der Waals surface area contributed by atoms with E-state index in [9.17, 15) is 9.59 Å². The number of nitrogens with two attached hydrogens (primary N) is 1. The quantitative estimate of drug-likeness (QED) is 0.709. The Morgan fingerprint density at radius 1 is 1.22 bits per heavy atom. The molecule has 0 radical (unpaired) electrons. The molecule has 4 N–H and O–H groups in total. The first-order valence-corrected chi connectivity index (χ1v) is 6.78. The first kappa shape index (κ1) is 15.0. The topological polar surface area (TPSA) is 84.2 Å². The highest BCUT2D eigenvalue weighted by atomic mass is 16.2. The lowest BCUT2D eigenvalue weighted by Crippen LogP contribution is -2.55. The number of amides is 3. The third-order valence-electron chi connectivity index (χ3n) is 3.70. The molecule has 0 aromatic rings. The minimum absolute atomic E-state index is 0.124. The number of imide groups is 1. The number of hydrogen-bond donors (Lipinski definition) is 3. The maximum atomic E-state index is 11.9. The highest BCUT2D eigenvalue weighted by Crippen LogP contribution is 2.24. The van der Waals surface area contributed by atoms with Crippen molar-refractivity contribution in [2.75, 3.05) is 0 Å². The fourth-order valence-corrected chi connectivity index (χ4v) is 2.56. The van der Waals surface area contributed by atoms with E-state index in [2.05, 4.69) is 17.6 Å². The van der Waals surface area contributed by atoms with Gasteiger partial charge in [-0.3, -0.25) is 10.1 Å². The summed E-state index contributed by atoms with van der Waals surface area (Å²) in [4.78, 5) is 22.7. The van der Waals surface area contributed by atoms with Gasteiger partial charge in [0.2, 0.25) is 5.91 Å². The van der Waals surface area contributed by atoms with Gasteiger partial charge < -0.3 is 11.1 Å².